The smallest absolute Gasteiger partial charge is 0.0480 e. The average Bonchev–Trinajstić information content (AvgIpc) is 2.61. The summed E-state index contributed by atoms with van der Waals surface area (Å²) in [4.78, 5) is 2.74. The molecular formula is C11H12N4. The summed E-state index contributed by atoms with van der Waals surface area (Å²) in [5.74, 6) is 0. The van der Waals surface area contributed by atoms with Crippen molar-refractivity contribution >= 4 is 10.9 Å². The number of fused-ring (bicyclic) bond motifs is 1. The lowest BCUT2D eigenvalue weighted by atomic mass is 10.2. The first-order valence-electron chi connectivity index (χ1n) is 4.87. The number of nitrogens with zero attached hydrogens (tertiary/aromatic N) is 4. The molecule has 0 fully saturated rings. The first-order valence-corrected chi connectivity index (χ1v) is 4.87. The van der Waals surface area contributed by atoms with Crippen molar-refractivity contribution in [3.63, 3.8) is 0 Å². The Labute approximate surface area is 87.8 Å². The predicted molar refractivity (Wildman–Crippen MR) is 60.7 cm³/mol. The van der Waals surface area contributed by atoms with Crippen molar-refractivity contribution < 1.29 is 0 Å². The van der Waals surface area contributed by atoms with Gasteiger partial charge in [0, 0.05) is 29.7 Å². The monoisotopic (exact) mass is 200 g/mol. The number of hydrogen-bond donors (Lipinski definition) is 0. The second-order valence-corrected chi connectivity index (χ2v) is 3.53. The molecule has 0 aliphatic carbocycles. The second-order valence-electron chi connectivity index (χ2n) is 3.53. The maximum absolute atomic E-state index is 8.19. The van der Waals surface area contributed by atoms with Gasteiger partial charge in [-0.15, -0.1) is 0 Å². The number of rotatable bonds is 3. The van der Waals surface area contributed by atoms with Gasteiger partial charge >= 0.3 is 0 Å². The van der Waals surface area contributed by atoms with Crippen molar-refractivity contribution in [1.29, 1.82) is 0 Å². The maximum atomic E-state index is 8.19. The van der Waals surface area contributed by atoms with Gasteiger partial charge in [-0.2, -0.15) is 0 Å². The number of hydrogen-bond acceptors (Lipinski definition) is 1. The third-order valence-corrected chi connectivity index (χ3v) is 2.43. The molecule has 1 aromatic heterocycles. The topological polar surface area (TPSA) is 53.7 Å². The first kappa shape index (κ1) is 9.62. The molecule has 1 heterocycles. The van der Waals surface area contributed by atoms with E-state index in [0.29, 0.717) is 6.54 Å². The van der Waals surface area contributed by atoms with E-state index in [4.69, 9.17) is 5.53 Å². The van der Waals surface area contributed by atoms with E-state index < -0.39 is 0 Å². The lowest BCUT2D eigenvalue weighted by Crippen LogP contribution is -1.98. The summed E-state index contributed by atoms with van der Waals surface area (Å²) in [5.41, 5.74) is 10.6. The molecule has 0 bridgehead atoms. The van der Waals surface area contributed by atoms with E-state index in [0.717, 1.165) is 6.54 Å². The zero-order chi connectivity index (χ0) is 10.7. The van der Waals surface area contributed by atoms with Crippen LogP contribution in [0.2, 0.25) is 0 Å². The Morgan fingerprint density at radius 2 is 2.27 bits per heavy atom. The molecule has 0 amide bonds. The summed E-state index contributed by atoms with van der Waals surface area (Å²) in [5, 5.41) is 4.76. The van der Waals surface area contributed by atoms with Crippen LogP contribution in [-0.2, 0) is 6.54 Å². The Bertz CT molecular complexity index is 520. The Balaban J connectivity index is 2.32. The van der Waals surface area contributed by atoms with E-state index >= 15 is 0 Å². The van der Waals surface area contributed by atoms with Gasteiger partial charge in [0.1, 0.15) is 0 Å². The molecule has 2 rings (SSSR count). The molecule has 76 valence electrons. The zero-order valence-corrected chi connectivity index (χ0v) is 8.59. The standard InChI is InChI=1S/C11H12N4/c1-9-2-3-11-10(8-9)4-6-15(11)7-5-13-14-12/h2-4,6,8H,5,7H2,1H3. The van der Waals surface area contributed by atoms with Gasteiger partial charge in [-0.3, -0.25) is 0 Å². The molecule has 2 aromatic rings. The Kier molecular flexibility index (Phi) is 2.61. The number of azide groups is 1. The fraction of sp³-hybridized carbons (Fsp3) is 0.273. The van der Waals surface area contributed by atoms with E-state index in [1.165, 1.54) is 16.5 Å². The van der Waals surface area contributed by atoms with Gasteiger partial charge in [0.2, 0.25) is 0 Å². The lowest BCUT2D eigenvalue weighted by molar-refractivity contribution is 0.732. The number of aromatic nitrogens is 1. The van der Waals surface area contributed by atoms with Crippen LogP contribution in [0.25, 0.3) is 21.3 Å². The van der Waals surface area contributed by atoms with Crippen LogP contribution in [0.1, 0.15) is 5.56 Å². The molecule has 0 radical (unpaired) electrons. The quantitative estimate of drug-likeness (QED) is 0.415. The van der Waals surface area contributed by atoms with Crippen molar-refractivity contribution in [2.24, 2.45) is 5.11 Å². The minimum absolute atomic E-state index is 0.494. The Morgan fingerprint density at radius 3 is 3.07 bits per heavy atom. The highest BCUT2D eigenvalue weighted by molar-refractivity contribution is 5.80. The highest BCUT2D eigenvalue weighted by Gasteiger charge is 1.99. The summed E-state index contributed by atoms with van der Waals surface area (Å²) >= 11 is 0. The molecule has 1 aromatic carbocycles. The number of aryl methyl sites for hydroxylation is 1. The largest absolute Gasteiger partial charge is 0.347 e. The predicted octanol–water partition coefficient (Wildman–Crippen LogP) is 3.26. The Hall–Kier alpha value is -1.93. The summed E-state index contributed by atoms with van der Waals surface area (Å²) in [6.07, 6.45) is 2.02. The van der Waals surface area contributed by atoms with Crippen LogP contribution >= 0.6 is 0 Å². The van der Waals surface area contributed by atoms with E-state index in [1.54, 1.807) is 0 Å². The maximum Gasteiger partial charge on any atom is 0.0480 e. The molecule has 4 nitrogen and oxygen atoms in total. The lowest BCUT2D eigenvalue weighted by Gasteiger charge is -2.02. The SMILES string of the molecule is Cc1ccc2c(ccn2CCN=[N+]=[N-])c1. The summed E-state index contributed by atoms with van der Waals surface area (Å²) in [6.45, 7) is 3.31. The van der Waals surface area contributed by atoms with Gasteiger partial charge in [0.15, 0.2) is 0 Å². The van der Waals surface area contributed by atoms with Crippen LogP contribution in [-0.4, -0.2) is 11.1 Å². The van der Waals surface area contributed by atoms with Crippen molar-refractivity contribution in [2.45, 2.75) is 13.5 Å². The minimum atomic E-state index is 0.494. The molecule has 0 aliphatic rings. The van der Waals surface area contributed by atoms with Crippen LogP contribution in [0, 0.1) is 6.92 Å². The normalized spacial score (nSPS) is 10.2. The van der Waals surface area contributed by atoms with Crippen molar-refractivity contribution in [3.05, 3.63) is 46.5 Å². The summed E-state index contributed by atoms with van der Waals surface area (Å²) < 4.78 is 2.10. The summed E-state index contributed by atoms with van der Waals surface area (Å²) in [7, 11) is 0. The van der Waals surface area contributed by atoms with Crippen molar-refractivity contribution in [1.82, 2.24) is 4.57 Å². The molecule has 0 aliphatic heterocycles. The highest BCUT2D eigenvalue weighted by atomic mass is 15.1. The van der Waals surface area contributed by atoms with Gasteiger partial charge in [-0.1, -0.05) is 16.7 Å². The van der Waals surface area contributed by atoms with Crippen LogP contribution in [0.5, 0.6) is 0 Å². The van der Waals surface area contributed by atoms with Crippen LogP contribution in [0.15, 0.2) is 35.6 Å². The minimum Gasteiger partial charge on any atom is -0.347 e. The van der Waals surface area contributed by atoms with E-state index in [9.17, 15) is 0 Å². The zero-order valence-electron chi connectivity index (χ0n) is 8.59. The van der Waals surface area contributed by atoms with Crippen LogP contribution < -0.4 is 0 Å². The molecular weight excluding hydrogens is 188 g/mol. The fourth-order valence-electron chi connectivity index (χ4n) is 1.71. The highest BCUT2D eigenvalue weighted by Crippen LogP contribution is 2.17. The van der Waals surface area contributed by atoms with Gasteiger partial charge in [0.25, 0.3) is 0 Å². The van der Waals surface area contributed by atoms with Crippen molar-refractivity contribution in [2.75, 3.05) is 6.54 Å². The van der Waals surface area contributed by atoms with Crippen molar-refractivity contribution in [3.8, 4) is 0 Å². The average molecular weight is 200 g/mol. The molecule has 0 unspecified atom stereocenters. The van der Waals surface area contributed by atoms with Gasteiger partial charge in [-0.25, -0.2) is 0 Å². The molecule has 4 heteroatoms. The van der Waals surface area contributed by atoms with Gasteiger partial charge in [-0.05, 0) is 36.0 Å². The molecule has 0 saturated carbocycles. The van der Waals surface area contributed by atoms with E-state index in [-0.39, 0.29) is 0 Å². The second kappa shape index (κ2) is 4.07. The summed E-state index contributed by atoms with van der Waals surface area (Å²) in [6, 6.07) is 8.42. The number of benzene rings is 1. The molecule has 0 N–H and O–H groups in total. The van der Waals surface area contributed by atoms with Crippen LogP contribution in [0.3, 0.4) is 0 Å². The van der Waals surface area contributed by atoms with Gasteiger partial charge < -0.3 is 4.57 Å². The Morgan fingerprint density at radius 1 is 1.40 bits per heavy atom. The van der Waals surface area contributed by atoms with Crippen LogP contribution in [0.4, 0.5) is 0 Å². The van der Waals surface area contributed by atoms with E-state index in [2.05, 4.69) is 45.8 Å². The fourth-order valence-corrected chi connectivity index (χ4v) is 1.71. The molecule has 0 spiro atoms. The first-order chi connectivity index (χ1) is 7.31. The van der Waals surface area contributed by atoms with Gasteiger partial charge in [0.05, 0.1) is 0 Å². The third-order valence-electron chi connectivity index (χ3n) is 2.43. The molecule has 0 atom stereocenters. The molecule has 0 saturated heterocycles. The van der Waals surface area contributed by atoms with E-state index in [1.807, 2.05) is 6.20 Å². The third kappa shape index (κ3) is 1.95. The molecule has 15 heavy (non-hydrogen) atoms.